The molecular weight excluding hydrogens is 312 g/mol. The Hall–Kier alpha value is -3.33. The second-order valence-corrected chi connectivity index (χ2v) is 5.74. The largest absolute Gasteiger partial charge is 0.497 e. The third-order valence-electron chi connectivity index (χ3n) is 4.24. The highest BCUT2D eigenvalue weighted by atomic mass is 16.5. The minimum atomic E-state index is -0.351. The molecule has 0 saturated heterocycles. The molecule has 4 aromatic rings. The molecule has 0 amide bonds. The van der Waals surface area contributed by atoms with Gasteiger partial charge in [-0.15, -0.1) is 0 Å². The summed E-state index contributed by atoms with van der Waals surface area (Å²) in [6.45, 7) is 0. The number of hydrogen-bond acceptors (Lipinski definition) is 3. The molecule has 1 aromatic heterocycles. The summed E-state index contributed by atoms with van der Waals surface area (Å²) in [5.41, 5.74) is 2.39. The Morgan fingerprint density at radius 1 is 0.760 bits per heavy atom. The van der Waals surface area contributed by atoms with Crippen LogP contribution in [0.2, 0.25) is 0 Å². The molecule has 0 aliphatic carbocycles. The van der Waals surface area contributed by atoms with E-state index in [-0.39, 0.29) is 5.63 Å². The molecule has 3 heteroatoms. The number of methoxy groups -OCH3 is 1. The molecule has 0 bridgehead atoms. The van der Waals surface area contributed by atoms with E-state index in [0.29, 0.717) is 16.9 Å². The van der Waals surface area contributed by atoms with Crippen molar-refractivity contribution in [2.24, 2.45) is 0 Å². The predicted octanol–water partition coefficient (Wildman–Crippen LogP) is 5.14. The molecule has 0 unspecified atom stereocenters. The van der Waals surface area contributed by atoms with Gasteiger partial charge in [-0.25, -0.2) is 4.79 Å². The van der Waals surface area contributed by atoms with Gasteiger partial charge in [-0.05, 0) is 23.8 Å². The summed E-state index contributed by atoms with van der Waals surface area (Å²) >= 11 is 0. The van der Waals surface area contributed by atoms with Crippen molar-refractivity contribution in [1.82, 2.24) is 0 Å². The van der Waals surface area contributed by atoms with Crippen molar-refractivity contribution in [3.05, 3.63) is 89.3 Å². The molecule has 0 saturated carbocycles. The number of benzene rings is 3. The molecule has 0 spiro atoms. The van der Waals surface area contributed by atoms with Crippen molar-refractivity contribution in [2.75, 3.05) is 7.11 Å². The Morgan fingerprint density at radius 2 is 1.40 bits per heavy atom. The number of fused-ring (bicyclic) bond motifs is 1. The fourth-order valence-electron chi connectivity index (χ4n) is 3.04. The van der Waals surface area contributed by atoms with Crippen molar-refractivity contribution in [3.8, 4) is 28.2 Å². The lowest BCUT2D eigenvalue weighted by Gasteiger charge is -2.13. The lowest BCUT2D eigenvalue weighted by atomic mass is 9.95. The summed E-state index contributed by atoms with van der Waals surface area (Å²) in [7, 11) is 1.62. The van der Waals surface area contributed by atoms with Gasteiger partial charge in [-0.1, -0.05) is 60.7 Å². The quantitative estimate of drug-likeness (QED) is 0.523. The second-order valence-electron chi connectivity index (χ2n) is 5.74. The smallest absolute Gasteiger partial charge is 0.344 e. The Morgan fingerprint density at radius 3 is 2.04 bits per heavy atom. The molecule has 0 N–H and O–H groups in total. The molecule has 3 nitrogen and oxygen atoms in total. The van der Waals surface area contributed by atoms with Gasteiger partial charge in [-0.2, -0.15) is 0 Å². The SMILES string of the molecule is COc1ccc2c(=O)oc(-c3ccccc3)c(-c3ccccc3)c2c1. The zero-order valence-electron chi connectivity index (χ0n) is 13.7. The molecule has 122 valence electrons. The Bertz CT molecular complexity index is 1080. The van der Waals surface area contributed by atoms with Gasteiger partial charge in [0.2, 0.25) is 0 Å². The normalized spacial score (nSPS) is 10.8. The van der Waals surface area contributed by atoms with Crippen LogP contribution in [0.4, 0.5) is 0 Å². The first-order chi connectivity index (χ1) is 12.3. The van der Waals surface area contributed by atoms with E-state index in [1.807, 2.05) is 66.7 Å². The maximum absolute atomic E-state index is 12.5. The van der Waals surface area contributed by atoms with Crippen LogP contribution in [-0.2, 0) is 0 Å². The van der Waals surface area contributed by atoms with Gasteiger partial charge < -0.3 is 9.15 Å². The first kappa shape index (κ1) is 15.2. The van der Waals surface area contributed by atoms with E-state index in [1.54, 1.807) is 19.2 Å². The van der Waals surface area contributed by atoms with E-state index < -0.39 is 0 Å². The minimum absolute atomic E-state index is 0.351. The van der Waals surface area contributed by atoms with Crippen LogP contribution in [0.5, 0.6) is 5.75 Å². The zero-order valence-corrected chi connectivity index (χ0v) is 13.7. The summed E-state index contributed by atoms with van der Waals surface area (Å²) in [6, 6.07) is 25.0. The maximum Gasteiger partial charge on any atom is 0.344 e. The third kappa shape index (κ3) is 2.70. The molecule has 0 atom stereocenters. The van der Waals surface area contributed by atoms with Gasteiger partial charge in [0.15, 0.2) is 0 Å². The maximum atomic E-state index is 12.5. The van der Waals surface area contributed by atoms with E-state index in [4.69, 9.17) is 9.15 Å². The van der Waals surface area contributed by atoms with E-state index in [2.05, 4.69) is 0 Å². The van der Waals surface area contributed by atoms with Gasteiger partial charge in [0.1, 0.15) is 11.5 Å². The molecule has 0 aliphatic heterocycles. The lowest BCUT2D eigenvalue weighted by molar-refractivity contribution is 0.415. The van der Waals surface area contributed by atoms with Crippen LogP contribution in [0, 0.1) is 0 Å². The van der Waals surface area contributed by atoms with E-state index in [9.17, 15) is 4.79 Å². The Labute approximate surface area is 145 Å². The van der Waals surface area contributed by atoms with Crippen LogP contribution in [0.1, 0.15) is 0 Å². The number of rotatable bonds is 3. The molecule has 4 rings (SSSR count). The van der Waals surface area contributed by atoms with Crippen LogP contribution < -0.4 is 10.4 Å². The fraction of sp³-hybridized carbons (Fsp3) is 0.0455. The molecule has 25 heavy (non-hydrogen) atoms. The van der Waals surface area contributed by atoms with Crippen molar-refractivity contribution < 1.29 is 9.15 Å². The third-order valence-corrected chi connectivity index (χ3v) is 4.24. The zero-order chi connectivity index (χ0) is 17.2. The topological polar surface area (TPSA) is 39.4 Å². The van der Waals surface area contributed by atoms with E-state index >= 15 is 0 Å². The first-order valence-corrected chi connectivity index (χ1v) is 8.03. The predicted molar refractivity (Wildman–Crippen MR) is 99.9 cm³/mol. The monoisotopic (exact) mass is 328 g/mol. The number of ether oxygens (including phenoxy) is 1. The first-order valence-electron chi connectivity index (χ1n) is 8.03. The van der Waals surface area contributed by atoms with Crippen LogP contribution >= 0.6 is 0 Å². The highest BCUT2D eigenvalue weighted by molar-refractivity contribution is 6.02. The molecule has 0 aliphatic rings. The summed E-state index contributed by atoms with van der Waals surface area (Å²) in [6.07, 6.45) is 0. The summed E-state index contributed by atoms with van der Waals surface area (Å²) in [5.74, 6) is 1.27. The van der Waals surface area contributed by atoms with Crippen LogP contribution in [0.15, 0.2) is 88.1 Å². The average molecular weight is 328 g/mol. The molecule has 0 fully saturated rings. The minimum Gasteiger partial charge on any atom is -0.497 e. The van der Waals surface area contributed by atoms with Crippen molar-refractivity contribution >= 4 is 10.8 Å². The van der Waals surface area contributed by atoms with Crippen LogP contribution in [0.3, 0.4) is 0 Å². The highest BCUT2D eigenvalue weighted by Crippen LogP contribution is 2.37. The van der Waals surface area contributed by atoms with E-state index in [1.165, 1.54) is 0 Å². The average Bonchev–Trinajstić information content (AvgIpc) is 2.68. The van der Waals surface area contributed by atoms with Gasteiger partial charge in [-0.3, -0.25) is 0 Å². The van der Waals surface area contributed by atoms with Gasteiger partial charge in [0, 0.05) is 16.5 Å². The lowest BCUT2D eigenvalue weighted by Crippen LogP contribution is -2.03. The Kier molecular flexibility index (Phi) is 3.82. The van der Waals surface area contributed by atoms with Crippen molar-refractivity contribution in [3.63, 3.8) is 0 Å². The van der Waals surface area contributed by atoms with Crippen LogP contribution in [-0.4, -0.2) is 7.11 Å². The summed E-state index contributed by atoms with van der Waals surface area (Å²) in [5, 5.41) is 1.36. The summed E-state index contributed by atoms with van der Waals surface area (Å²) < 4.78 is 11.1. The molecule has 1 heterocycles. The fourth-order valence-corrected chi connectivity index (χ4v) is 3.04. The molecule has 3 aromatic carbocycles. The van der Waals surface area contributed by atoms with Gasteiger partial charge in [0.25, 0.3) is 0 Å². The summed E-state index contributed by atoms with van der Waals surface area (Å²) in [4.78, 5) is 12.5. The Balaban J connectivity index is 2.16. The van der Waals surface area contributed by atoms with E-state index in [0.717, 1.165) is 22.1 Å². The second kappa shape index (κ2) is 6.29. The molecular formula is C22H16O3. The van der Waals surface area contributed by atoms with Crippen molar-refractivity contribution in [1.29, 1.82) is 0 Å². The highest BCUT2D eigenvalue weighted by Gasteiger charge is 2.17. The van der Waals surface area contributed by atoms with Gasteiger partial charge >= 0.3 is 5.63 Å². The van der Waals surface area contributed by atoms with Gasteiger partial charge in [0.05, 0.1) is 12.5 Å². The number of hydrogen-bond donors (Lipinski definition) is 0. The molecule has 0 radical (unpaired) electrons. The standard InChI is InChI=1S/C22H16O3/c1-24-17-12-13-18-19(14-17)20(15-8-4-2-5-9-15)21(25-22(18)23)16-10-6-3-7-11-16/h2-14H,1H3. The van der Waals surface area contributed by atoms with Crippen LogP contribution in [0.25, 0.3) is 33.2 Å². The van der Waals surface area contributed by atoms with Crippen molar-refractivity contribution in [2.45, 2.75) is 0 Å².